The molecule has 3 aliphatic carbocycles. The third kappa shape index (κ3) is 2.42. The van der Waals surface area contributed by atoms with E-state index < -0.39 is 6.04 Å². The molecular weight excluding hydrogens is 352 g/mol. The van der Waals surface area contributed by atoms with Gasteiger partial charge in [-0.15, -0.1) is 0 Å². The smallest absolute Gasteiger partial charge is 0.247 e. The lowest BCUT2D eigenvalue weighted by atomic mass is 9.63. The number of fused-ring (bicyclic) bond motifs is 2. The summed E-state index contributed by atoms with van der Waals surface area (Å²) < 4.78 is 0. The van der Waals surface area contributed by atoms with Crippen LogP contribution in [-0.2, 0) is 14.4 Å². The Morgan fingerprint density at radius 1 is 0.964 bits per heavy atom. The molecule has 4 aliphatic rings. The van der Waals surface area contributed by atoms with Crippen LogP contribution in [0.3, 0.4) is 0 Å². The van der Waals surface area contributed by atoms with E-state index >= 15 is 0 Å². The fourth-order valence-corrected chi connectivity index (χ4v) is 5.17. The Balaban J connectivity index is 1.40. The highest BCUT2D eigenvalue weighted by atomic mass is 16.2. The molecule has 0 unspecified atom stereocenters. The third-order valence-corrected chi connectivity index (χ3v) is 6.61. The maximum Gasteiger partial charge on any atom is 0.247 e. The van der Waals surface area contributed by atoms with E-state index in [2.05, 4.69) is 17.5 Å². The molecule has 142 valence electrons. The standard InChI is InChI=1S/C23H22N2O3/c1-13(21(26)24-18-8-4-6-14-5-2-3-7-17(14)18)25-22(27)19-15-9-10-16(12-11-15)20(19)23(25)28/h2-10,13,15-16,19-20H,11-12H2,1H3,(H,24,26)/t13-,15+,16+,19-,20-/m1/s1. The quantitative estimate of drug-likeness (QED) is 0.662. The minimum absolute atomic E-state index is 0.129. The van der Waals surface area contributed by atoms with Crippen LogP contribution in [0.25, 0.3) is 10.8 Å². The van der Waals surface area contributed by atoms with Crippen molar-refractivity contribution in [3.05, 3.63) is 54.6 Å². The Hall–Kier alpha value is -2.95. The summed E-state index contributed by atoms with van der Waals surface area (Å²) in [5.41, 5.74) is 0.688. The zero-order valence-corrected chi connectivity index (χ0v) is 15.7. The number of rotatable bonds is 3. The molecule has 2 aromatic rings. The van der Waals surface area contributed by atoms with E-state index in [1.54, 1.807) is 6.92 Å². The average Bonchev–Trinajstić information content (AvgIpc) is 3.01. The number of nitrogens with one attached hydrogen (secondary N) is 1. The van der Waals surface area contributed by atoms with Crippen molar-refractivity contribution in [3.8, 4) is 0 Å². The SMILES string of the molecule is C[C@H](C(=O)Nc1cccc2ccccc12)N1C(=O)[C@H]2[C@H](C1=O)[C@H]1C=C[C@H]2CC1. The van der Waals surface area contributed by atoms with E-state index in [0.717, 1.165) is 23.6 Å². The average molecular weight is 374 g/mol. The van der Waals surface area contributed by atoms with Gasteiger partial charge in [-0.05, 0) is 43.1 Å². The molecule has 3 amide bonds. The lowest BCUT2D eigenvalue weighted by molar-refractivity contribution is -0.146. The van der Waals surface area contributed by atoms with Gasteiger partial charge in [-0.3, -0.25) is 19.3 Å². The summed E-state index contributed by atoms with van der Waals surface area (Å²) >= 11 is 0. The number of hydrogen-bond acceptors (Lipinski definition) is 3. The van der Waals surface area contributed by atoms with Gasteiger partial charge >= 0.3 is 0 Å². The summed E-state index contributed by atoms with van der Waals surface area (Å²) in [4.78, 5) is 40.2. The minimum Gasteiger partial charge on any atom is -0.324 e. The van der Waals surface area contributed by atoms with Crippen molar-refractivity contribution in [1.29, 1.82) is 0 Å². The summed E-state index contributed by atoms with van der Waals surface area (Å²) in [5, 5.41) is 4.88. The van der Waals surface area contributed by atoms with E-state index in [1.807, 2.05) is 42.5 Å². The molecule has 2 fully saturated rings. The molecule has 0 aromatic heterocycles. The van der Waals surface area contributed by atoms with Gasteiger partial charge < -0.3 is 5.32 Å². The van der Waals surface area contributed by atoms with E-state index in [4.69, 9.17) is 0 Å². The van der Waals surface area contributed by atoms with Crippen LogP contribution < -0.4 is 5.32 Å². The second-order valence-corrected chi connectivity index (χ2v) is 8.08. The van der Waals surface area contributed by atoms with Crippen molar-refractivity contribution >= 4 is 34.2 Å². The van der Waals surface area contributed by atoms with Crippen molar-refractivity contribution < 1.29 is 14.4 Å². The fraction of sp³-hybridized carbons (Fsp3) is 0.348. The highest BCUT2D eigenvalue weighted by Crippen LogP contribution is 2.50. The molecule has 1 aliphatic heterocycles. The van der Waals surface area contributed by atoms with Crippen LogP contribution in [0.4, 0.5) is 5.69 Å². The van der Waals surface area contributed by atoms with Crippen LogP contribution >= 0.6 is 0 Å². The van der Waals surface area contributed by atoms with Crippen molar-refractivity contribution in [2.45, 2.75) is 25.8 Å². The van der Waals surface area contributed by atoms with Crippen molar-refractivity contribution in [3.63, 3.8) is 0 Å². The lowest BCUT2D eigenvalue weighted by Crippen LogP contribution is -2.46. The molecule has 5 nitrogen and oxygen atoms in total. The highest BCUT2D eigenvalue weighted by Gasteiger charge is 2.58. The summed E-state index contributed by atoms with van der Waals surface area (Å²) in [6, 6.07) is 12.7. The second-order valence-electron chi connectivity index (χ2n) is 8.08. The van der Waals surface area contributed by atoms with Crippen LogP contribution in [-0.4, -0.2) is 28.7 Å². The van der Waals surface area contributed by atoms with Gasteiger partial charge in [-0.25, -0.2) is 0 Å². The first-order valence-corrected chi connectivity index (χ1v) is 9.90. The minimum atomic E-state index is -0.830. The number of nitrogens with zero attached hydrogens (tertiary/aromatic N) is 1. The molecule has 1 saturated heterocycles. The van der Waals surface area contributed by atoms with Gasteiger partial charge in [0.2, 0.25) is 17.7 Å². The number of carbonyl (C=O) groups excluding carboxylic acids is 3. The lowest BCUT2D eigenvalue weighted by Gasteiger charge is -2.38. The Labute approximate surface area is 163 Å². The number of amides is 3. The van der Waals surface area contributed by atoms with E-state index in [-0.39, 0.29) is 41.4 Å². The molecular formula is C23H22N2O3. The van der Waals surface area contributed by atoms with Crippen LogP contribution in [0.2, 0.25) is 0 Å². The molecule has 2 bridgehead atoms. The fourth-order valence-electron chi connectivity index (χ4n) is 5.17. The molecule has 5 heteroatoms. The van der Waals surface area contributed by atoms with Crippen molar-refractivity contribution in [1.82, 2.24) is 4.90 Å². The summed E-state index contributed by atoms with van der Waals surface area (Å²) in [5.74, 6) is -1.02. The zero-order chi connectivity index (χ0) is 19.4. The van der Waals surface area contributed by atoms with Crippen LogP contribution in [0.15, 0.2) is 54.6 Å². The number of hydrogen-bond donors (Lipinski definition) is 1. The summed E-state index contributed by atoms with van der Waals surface area (Å²) in [7, 11) is 0. The summed E-state index contributed by atoms with van der Waals surface area (Å²) in [6.45, 7) is 1.64. The monoisotopic (exact) mass is 374 g/mol. The second kappa shape index (κ2) is 6.30. The van der Waals surface area contributed by atoms with Gasteiger partial charge in [-0.2, -0.15) is 0 Å². The first-order valence-electron chi connectivity index (χ1n) is 9.90. The van der Waals surface area contributed by atoms with E-state index in [9.17, 15) is 14.4 Å². The van der Waals surface area contributed by atoms with Gasteiger partial charge in [0.1, 0.15) is 6.04 Å². The first kappa shape index (κ1) is 17.2. The molecule has 0 spiro atoms. The summed E-state index contributed by atoms with van der Waals surface area (Å²) in [6.07, 6.45) is 6.08. The van der Waals surface area contributed by atoms with Crippen LogP contribution in [0.5, 0.6) is 0 Å². The first-order chi connectivity index (χ1) is 13.6. The maximum atomic E-state index is 13.0. The Morgan fingerprint density at radius 3 is 2.21 bits per heavy atom. The number of anilines is 1. The molecule has 5 atom stereocenters. The normalized spacial score (nSPS) is 29.2. The van der Waals surface area contributed by atoms with Gasteiger partial charge in [0.15, 0.2) is 0 Å². The molecule has 1 heterocycles. The van der Waals surface area contributed by atoms with Crippen molar-refractivity contribution in [2.24, 2.45) is 23.7 Å². The number of carbonyl (C=O) groups is 3. The topological polar surface area (TPSA) is 66.5 Å². The number of imide groups is 1. The molecule has 0 radical (unpaired) electrons. The van der Waals surface area contributed by atoms with E-state index in [0.29, 0.717) is 5.69 Å². The van der Waals surface area contributed by atoms with Gasteiger partial charge in [0.25, 0.3) is 0 Å². The van der Waals surface area contributed by atoms with Crippen LogP contribution in [0.1, 0.15) is 19.8 Å². The van der Waals surface area contributed by atoms with Crippen LogP contribution in [0, 0.1) is 23.7 Å². The largest absolute Gasteiger partial charge is 0.324 e. The molecule has 2 aromatic carbocycles. The highest BCUT2D eigenvalue weighted by molar-refractivity contribution is 6.11. The molecule has 1 N–H and O–H groups in total. The predicted octanol–water partition coefficient (Wildman–Crippen LogP) is 3.36. The number of likely N-dealkylation sites (tertiary alicyclic amines) is 1. The Morgan fingerprint density at radius 2 is 1.57 bits per heavy atom. The predicted molar refractivity (Wildman–Crippen MR) is 106 cm³/mol. The Kier molecular flexibility index (Phi) is 3.86. The Bertz CT molecular complexity index is 990. The van der Waals surface area contributed by atoms with Gasteiger partial charge in [-0.1, -0.05) is 48.6 Å². The molecule has 1 saturated carbocycles. The number of allylic oxidation sites excluding steroid dienone is 2. The third-order valence-electron chi connectivity index (χ3n) is 6.61. The molecule has 6 rings (SSSR count). The molecule has 28 heavy (non-hydrogen) atoms. The maximum absolute atomic E-state index is 13.0. The number of benzene rings is 2. The van der Waals surface area contributed by atoms with E-state index in [1.165, 1.54) is 4.90 Å². The van der Waals surface area contributed by atoms with Gasteiger partial charge in [0, 0.05) is 11.1 Å². The van der Waals surface area contributed by atoms with Crippen molar-refractivity contribution in [2.75, 3.05) is 5.32 Å². The zero-order valence-electron chi connectivity index (χ0n) is 15.7. The van der Waals surface area contributed by atoms with Gasteiger partial charge in [0.05, 0.1) is 11.8 Å².